The van der Waals surface area contributed by atoms with Gasteiger partial charge in [-0.1, -0.05) is 27.7 Å². The molecule has 0 aliphatic rings. The van der Waals surface area contributed by atoms with Gasteiger partial charge in [0.1, 0.15) is 11.6 Å². The van der Waals surface area contributed by atoms with Crippen molar-refractivity contribution in [3.63, 3.8) is 0 Å². The average molecular weight is 343 g/mol. The van der Waals surface area contributed by atoms with E-state index >= 15 is 0 Å². The predicted molar refractivity (Wildman–Crippen MR) is 79.3 cm³/mol. The molecule has 102 valence electrons. The van der Waals surface area contributed by atoms with Crippen molar-refractivity contribution >= 4 is 27.7 Å². The Kier molecular flexibility index (Phi) is 5.24. The highest BCUT2D eigenvalue weighted by Gasteiger charge is 2.07. The van der Waals surface area contributed by atoms with Crippen LogP contribution < -0.4 is 10.5 Å². The number of aromatic nitrogens is 3. The van der Waals surface area contributed by atoms with Crippen molar-refractivity contribution in [1.29, 1.82) is 0 Å². The summed E-state index contributed by atoms with van der Waals surface area (Å²) in [6, 6.07) is 7.78. The fourth-order valence-corrected chi connectivity index (χ4v) is 2.48. The van der Waals surface area contributed by atoms with E-state index in [1.165, 1.54) is 0 Å². The summed E-state index contributed by atoms with van der Waals surface area (Å²) in [4.78, 5) is 0. The SMILES string of the molecule is Cn1c(CN)nnc1SCCOc1ccc(Br)cc1. The van der Waals surface area contributed by atoms with Gasteiger partial charge in [0.2, 0.25) is 0 Å². The minimum Gasteiger partial charge on any atom is -0.493 e. The third-order valence-corrected chi connectivity index (χ3v) is 4.02. The van der Waals surface area contributed by atoms with Crippen molar-refractivity contribution in [2.45, 2.75) is 11.7 Å². The zero-order chi connectivity index (χ0) is 13.7. The molecule has 0 unspecified atom stereocenters. The van der Waals surface area contributed by atoms with Gasteiger partial charge in [-0.15, -0.1) is 10.2 Å². The predicted octanol–water partition coefficient (Wildman–Crippen LogP) is 2.21. The Morgan fingerprint density at radius 3 is 2.68 bits per heavy atom. The molecule has 0 fully saturated rings. The van der Waals surface area contributed by atoms with Crippen LogP contribution >= 0.6 is 27.7 Å². The number of thioether (sulfide) groups is 1. The molecule has 0 bridgehead atoms. The third-order valence-electron chi connectivity index (χ3n) is 2.50. The number of halogens is 1. The Labute approximate surface area is 124 Å². The molecular weight excluding hydrogens is 328 g/mol. The molecule has 7 heteroatoms. The third kappa shape index (κ3) is 3.95. The van der Waals surface area contributed by atoms with E-state index in [0.717, 1.165) is 27.0 Å². The molecule has 2 rings (SSSR count). The van der Waals surface area contributed by atoms with Crippen LogP contribution in [0.1, 0.15) is 5.82 Å². The van der Waals surface area contributed by atoms with Gasteiger partial charge in [-0.3, -0.25) is 0 Å². The molecule has 0 radical (unpaired) electrons. The topological polar surface area (TPSA) is 66.0 Å². The summed E-state index contributed by atoms with van der Waals surface area (Å²) in [6.45, 7) is 1.02. The number of nitrogens with two attached hydrogens (primary N) is 1. The van der Waals surface area contributed by atoms with Crippen molar-refractivity contribution in [1.82, 2.24) is 14.8 Å². The summed E-state index contributed by atoms with van der Waals surface area (Å²) in [6.07, 6.45) is 0. The van der Waals surface area contributed by atoms with E-state index in [-0.39, 0.29) is 0 Å². The average Bonchev–Trinajstić information content (AvgIpc) is 2.77. The van der Waals surface area contributed by atoms with Crippen molar-refractivity contribution in [3.8, 4) is 5.75 Å². The number of rotatable bonds is 6. The first-order valence-electron chi connectivity index (χ1n) is 5.80. The van der Waals surface area contributed by atoms with Crippen molar-refractivity contribution in [2.24, 2.45) is 12.8 Å². The molecule has 5 nitrogen and oxygen atoms in total. The Balaban J connectivity index is 1.77. The molecule has 1 aromatic carbocycles. The van der Waals surface area contributed by atoms with E-state index in [2.05, 4.69) is 26.1 Å². The van der Waals surface area contributed by atoms with Gasteiger partial charge in [0.15, 0.2) is 5.16 Å². The van der Waals surface area contributed by atoms with Crippen LogP contribution in [-0.2, 0) is 13.6 Å². The second-order valence-electron chi connectivity index (χ2n) is 3.81. The minimum atomic E-state index is 0.402. The summed E-state index contributed by atoms with van der Waals surface area (Å²) in [5.41, 5.74) is 5.55. The fraction of sp³-hybridized carbons (Fsp3) is 0.333. The second-order valence-corrected chi connectivity index (χ2v) is 5.79. The lowest BCUT2D eigenvalue weighted by Gasteiger charge is -2.06. The van der Waals surface area contributed by atoms with Crippen LogP contribution in [0.25, 0.3) is 0 Å². The number of ether oxygens (including phenoxy) is 1. The maximum atomic E-state index is 5.63. The lowest BCUT2D eigenvalue weighted by molar-refractivity contribution is 0.344. The quantitative estimate of drug-likeness (QED) is 0.643. The van der Waals surface area contributed by atoms with Crippen LogP contribution in [0.15, 0.2) is 33.9 Å². The van der Waals surface area contributed by atoms with Crippen LogP contribution in [0.5, 0.6) is 5.75 Å². The summed E-state index contributed by atoms with van der Waals surface area (Å²) in [7, 11) is 1.92. The first-order valence-corrected chi connectivity index (χ1v) is 7.58. The highest BCUT2D eigenvalue weighted by Crippen LogP contribution is 2.18. The largest absolute Gasteiger partial charge is 0.493 e. The molecule has 0 spiro atoms. The minimum absolute atomic E-state index is 0.402. The fourth-order valence-electron chi connectivity index (χ4n) is 1.47. The Bertz CT molecular complexity index is 529. The Morgan fingerprint density at radius 2 is 2.05 bits per heavy atom. The molecule has 1 aromatic heterocycles. The maximum Gasteiger partial charge on any atom is 0.191 e. The number of hydrogen-bond acceptors (Lipinski definition) is 5. The van der Waals surface area contributed by atoms with Gasteiger partial charge in [0, 0.05) is 17.3 Å². The summed E-state index contributed by atoms with van der Waals surface area (Å²) < 4.78 is 8.58. The molecular formula is C12H15BrN4OS. The molecule has 0 amide bonds. The van der Waals surface area contributed by atoms with Crippen molar-refractivity contribution in [3.05, 3.63) is 34.6 Å². The number of hydrogen-bond donors (Lipinski definition) is 1. The standard InChI is InChI=1S/C12H15BrN4OS/c1-17-11(8-14)15-16-12(17)19-7-6-18-10-4-2-9(13)3-5-10/h2-5H,6-8,14H2,1H3. The van der Waals surface area contributed by atoms with Gasteiger partial charge in [-0.25, -0.2) is 0 Å². The van der Waals surface area contributed by atoms with Gasteiger partial charge in [-0.05, 0) is 24.3 Å². The van der Waals surface area contributed by atoms with Crippen LogP contribution in [0.2, 0.25) is 0 Å². The lowest BCUT2D eigenvalue weighted by atomic mass is 10.3. The Hall–Kier alpha value is -1.05. The molecule has 2 N–H and O–H groups in total. The van der Waals surface area contributed by atoms with Gasteiger partial charge in [-0.2, -0.15) is 0 Å². The van der Waals surface area contributed by atoms with Gasteiger partial charge in [0.25, 0.3) is 0 Å². The van der Waals surface area contributed by atoms with Crippen LogP contribution in [0.4, 0.5) is 0 Å². The zero-order valence-corrected chi connectivity index (χ0v) is 12.9. The van der Waals surface area contributed by atoms with Crippen LogP contribution in [0, 0.1) is 0 Å². The first kappa shape index (κ1) is 14.4. The zero-order valence-electron chi connectivity index (χ0n) is 10.5. The molecule has 0 atom stereocenters. The molecule has 0 aliphatic carbocycles. The van der Waals surface area contributed by atoms with E-state index in [4.69, 9.17) is 10.5 Å². The molecule has 0 aliphatic heterocycles. The smallest absolute Gasteiger partial charge is 0.191 e. The lowest BCUT2D eigenvalue weighted by Crippen LogP contribution is -2.06. The Morgan fingerprint density at radius 1 is 1.32 bits per heavy atom. The molecule has 0 saturated heterocycles. The highest BCUT2D eigenvalue weighted by molar-refractivity contribution is 9.10. The van der Waals surface area contributed by atoms with Crippen molar-refractivity contribution in [2.75, 3.05) is 12.4 Å². The summed E-state index contributed by atoms with van der Waals surface area (Å²) in [5.74, 6) is 2.47. The van der Waals surface area contributed by atoms with Gasteiger partial charge >= 0.3 is 0 Å². The van der Waals surface area contributed by atoms with Crippen LogP contribution in [-0.4, -0.2) is 27.1 Å². The summed E-state index contributed by atoms with van der Waals surface area (Å²) >= 11 is 4.99. The normalized spacial score (nSPS) is 10.7. The van der Waals surface area contributed by atoms with E-state index in [1.807, 2.05) is 35.9 Å². The molecule has 1 heterocycles. The first-order chi connectivity index (χ1) is 9.20. The van der Waals surface area contributed by atoms with E-state index < -0.39 is 0 Å². The van der Waals surface area contributed by atoms with Crippen LogP contribution in [0.3, 0.4) is 0 Å². The second kappa shape index (κ2) is 6.93. The monoisotopic (exact) mass is 342 g/mol. The number of benzene rings is 1. The van der Waals surface area contributed by atoms with Gasteiger partial charge < -0.3 is 15.0 Å². The van der Waals surface area contributed by atoms with Gasteiger partial charge in [0.05, 0.1) is 13.2 Å². The molecule has 0 saturated carbocycles. The summed E-state index contributed by atoms with van der Waals surface area (Å²) in [5, 5.41) is 8.94. The van der Waals surface area contributed by atoms with Crippen molar-refractivity contribution < 1.29 is 4.74 Å². The number of nitrogens with zero attached hydrogens (tertiary/aromatic N) is 3. The molecule has 19 heavy (non-hydrogen) atoms. The molecule has 2 aromatic rings. The maximum absolute atomic E-state index is 5.63. The van der Waals surface area contributed by atoms with E-state index in [1.54, 1.807) is 11.8 Å². The van der Waals surface area contributed by atoms with E-state index in [0.29, 0.717) is 13.2 Å². The highest BCUT2D eigenvalue weighted by atomic mass is 79.9. The van der Waals surface area contributed by atoms with E-state index in [9.17, 15) is 0 Å².